The van der Waals surface area contributed by atoms with E-state index in [0.717, 1.165) is 49.1 Å². The molecule has 4 saturated heterocycles. The van der Waals surface area contributed by atoms with Crippen LogP contribution < -0.4 is 4.43 Å². The zero-order chi connectivity index (χ0) is 31.3. The number of benzene rings is 1. The Bertz CT molecular complexity index is 1430. The molecule has 4 bridgehead atoms. The highest BCUT2D eigenvalue weighted by Gasteiger charge is 2.81. The Morgan fingerprint density at radius 1 is 1.07 bits per heavy atom. The Morgan fingerprint density at radius 2 is 1.77 bits per heavy atom. The van der Waals surface area contributed by atoms with Gasteiger partial charge in [0.1, 0.15) is 17.3 Å². The fraction of sp³-hybridized carbons (Fsp3) is 0.778. The minimum atomic E-state index is -2.18. The van der Waals surface area contributed by atoms with Gasteiger partial charge in [0, 0.05) is 41.2 Å². The Kier molecular flexibility index (Phi) is 5.96. The van der Waals surface area contributed by atoms with E-state index < -0.39 is 30.6 Å². The highest BCUT2D eigenvalue weighted by atomic mass is 28.4. The van der Waals surface area contributed by atoms with Crippen LogP contribution in [-0.4, -0.2) is 49.1 Å². The maximum absolute atomic E-state index is 15.0. The van der Waals surface area contributed by atoms with E-state index in [1.54, 1.807) is 0 Å². The third-order valence-corrected chi connectivity index (χ3v) is 18.4. The van der Waals surface area contributed by atoms with Gasteiger partial charge in [0.25, 0.3) is 0 Å². The Balaban J connectivity index is 1.46. The van der Waals surface area contributed by atoms with Crippen LogP contribution in [0.15, 0.2) is 12.1 Å². The summed E-state index contributed by atoms with van der Waals surface area (Å²) in [5, 5.41) is 0.0312. The third-order valence-electron chi connectivity index (χ3n) is 14.1. The molecule has 43 heavy (non-hydrogen) atoms. The molecule has 1 aromatic carbocycles. The summed E-state index contributed by atoms with van der Waals surface area (Å²) in [7, 11) is -2.18. The van der Waals surface area contributed by atoms with E-state index in [0.29, 0.717) is 12.3 Å². The number of nitrogens with zero attached hydrogens (tertiary/aromatic N) is 1. The number of ether oxygens (including phenoxy) is 2. The van der Waals surface area contributed by atoms with Crippen molar-refractivity contribution in [3.8, 4) is 5.75 Å². The second-order valence-corrected chi connectivity index (χ2v) is 22.5. The molecule has 2 aliphatic carbocycles. The van der Waals surface area contributed by atoms with Gasteiger partial charge in [0.05, 0.1) is 12.5 Å². The van der Waals surface area contributed by atoms with Crippen molar-refractivity contribution in [3.05, 3.63) is 28.8 Å². The van der Waals surface area contributed by atoms with Gasteiger partial charge in [-0.15, -0.1) is 0 Å². The summed E-state index contributed by atoms with van der Waals surface area (Å²) in [5.41, 5.74) is 0.760. The predicted octanol–water partition coefficient (Wildman–Crippen LogP) is 7.62. The minimum absolute atomic E-state index is 0.0312. The first-order valence-electron chi connectivity index (χ1n) is 16.8. The van der Waals surface area contributed by atoms with Gasteiger partial charge in [-0.05, 0) is 79.3 Å². The third kappa shape index (κ3) is 3.54. The molecule has 4 heterocycles. The number of ketones is 1. The Morgan fingerprint density at radius 3 is 2.44 bits per heavy atom. The van der Waals surface area contributed by atoms with Crippen LogP contribution >= 0.6 is 0 Å². The molecular weight excluding hydrogens is 554 g/mol. The summed E-state index contributed by atoms with van der Waals surface area (Å²) < 4.78 is 20.7. The Labute approximate surface area is 259 Å². The summed E-state index contributed by atoms with van der Waals surface area (Å²) in [6.07, 6.45) is 4.86. The van der Waals surface area contributed by atoms with Crippen molar-refractivity contribution in [2.75, 3.05) is 6.54 Å². The Hall–Kier alpha value is -1.70. The predicted molar refractivity (Wildman–Crippen MR) is 169 cm³/mol. The van der Waals surface area contributed by atoms with Crippen molar-refractivity contribution in [1.29, 1.82) is 0 Å². The van der Waals surface area contributed by atoms with E-state index in [9.17, 15) is 9.59 Å². The zero-order valence-corrected chi connectivity index (χ0v) is 29.4. The second kappa shape index (κ2) is 8.55. The quantitative estimate of drug-likeness (QED) is 0.255. The van der Waals surface area contributed by atoms with E-state index >= 15 is 0 Å². The lowest BCUT2D eigenvalue weighted by Gasteiger charge is -2.75. The summed E-state index contributed by atoms with van der Waals surface area (Å²) >= 11 is 0. The molecule has 0 radical (unpaired) electrons. The van der Waals surface area contributed by atoms with Gasteiger partial charge in [0.15, 0.2) is 5.72 Å². The van der Waals surface area contributed by atoms with Gasteiger partial charge in [-0.3, -0.25) is 9.59 Å². The number of Topliss-reactive ketones (excluding diaryl/α,β-unsaturated/α-hetero) is 1. The lowest BCUT2D eigenvalue weighted by Crippen LogP contribution is -2.82. The number of esters is 1. The smallest absolute Gasteiger partial charge is 0.308 e. The monoisotopic (exact) mass is 607 g/mol. The van der Waals surface area contributed by atoms with Gasteiger partial charge in [0.2, 0.25) is 8.32 Å². The van der Waals surface area contributed by atoms with E-state index in [2.05, 4.69) is 92.4 Å². The molecule has 7 rings (SSSR count). The van der Waals surface area contributed by atoms with Crippen LogP contribution in [0.3, 0.4) is 0 Å². The first kappa shape index (κ1) is 30.0. The van der Waals surface area contributed by atoms with E-state index in [4.69, 9.17) is 13.9 Å². The number of rotatable bonds is 2. The summed E-state index contributed by atoms with van der Waals surface area (Å²) in [6.45, 7) is 25.6. The summed E-state index contributed by atoms with van der Waals surface area (Å²) in [6, 6.07) is 4.48. The molecule has 0 amide bonds. The largest absolute Gasteiger partial charge is 0.543 e. The average molecular weight is 608 g/mol. The van der Waals surface area contributed by atoms with Gasteiger partial charge in [-0.25, -0.2) is 4.90 Å². The van der Waals surface area contributed by atoms with E-state index in [1.165, 1.54) is 5.56 Å². The number of aryl methyl sites for hydroxylation is 1. The van der Waals surface area contributed by atoms with E-state index in [-0.39, 0.29) is 46.6 Å². The maximum atomic E-state index is 15.0. The van der Waals surface area contributed by atoms with Crippen LogP contribution in [0.25, 0.3) is 0 Å². The van der Waals surface area contributed by atoms with Crippen LogP contribution in [-0.2, 0) is 24.5 Å². The highest BCUT2D eigenvalue weighted by molar-refractivity contribution is 6.74. The number of carbonyl (C=O) groups excluding carboxylic acids is 2. The first-order valence-corrected chi connectivity index (χ1v) is 19.7. The van der Waals surface area contributed by atoms with Crippen molar-refractivity contribution >= 4 is 20.1 Å². The lowest BCUT2D eigenvalue weighted by molar-refractivity contribution is -0.366. The van der Waals surface area contributed by atoms with Gasteiger partial charge >= 0.3 is 5.97 Å². The zero-order valence-electron chi connectivity index (χ0n) is 28.4. The SMILES string of the molecule is Cc1cc(O[Si](C)(C)C(C)(C)C)c2c(c1)[C@]1(C)C[C@@]34OC(=O)C[C@@](C)([C@H]1C(=O)[C@@H]2C)[C@]3(C)CC[C@]12C[C@@H](C)C[C@H](CN14)O2. The fourth-order valence-electron chi connectivity index (χ4n) is 11.0. The fourth-order valence-corrected chi connectivity index (χ4v) is 12.0. The number of piperidine rings is 1. The number of fused-ring (bicyclic) bond motifs is 5. The summed E-state index contributed by atoms with van der Waals surface area (Å²) in [4.78, 5) is 31.3. The average Bonchev–Trinajstić information content (AvgIpc) is 3.13. The summed E-state index contributed by atoms with van der Waals surface area (Å²) in [5.74, 6) is 0.964. The number of hydrogen-bond donors (Lipinski definition) is 0. The van der Waals surface area contributed by atoms with Crippen LogP contribution in [0.1, 0.15) is 117 Å². The molecule has 4 aliphatic heterocycles. The molecule has 0 unspecified atom stereocenters. The lowest BCUT2D eigenvalue weighted by atomic mass is 9.35. The molecule has 1 aromatic rings. The van der Waals surface area contributed by atoms with E-state index in [1.807, 2.05) is 0 Å². The van der Waals surface area contributed by atoms with Gasteiger partial charge < -0.3 is 13.9 Å². The maximum Gasteiger partial charge on any atom is 0.308 e. The molecule has 1 spiro atoms. The number of carbonyl (C=O) groups is 2. The van der Waals surface area contributed by atoms with Crippen LogP contribution in [0, 0.1) is 29.6 Å². The number of hydrogen-bond acceptors (Lipinski definition) is 6. The topological polar surface area (TPSA) is 65.1 Å². The molecule has 6 nitrogen and oxygen atoms in total. The van der Waals surface area contributed by atoms with Gasteiger partial charge in [-0.1, -0.05) is 61.5 Å². The van der Waals surface area contributed by atoms with Crippen molar-refractivity contribution in [2.45, 2.75) is 148 Å². The molecular formula is C36H53NO5Si. The first-order chi connectivity index (χ1) is 19.7. The van der Waals surface area contributed by atoms with Crippen molar-refractivity contribution in [1.82, 2.24) is 4.90 Å². The molecule has 9 atom stereocenters. The molecule has 5 fully saturated rings. The molecule has 0 N–H and O–H groups in total. The van der Waals surface area contributed by atoms with Crippen LogP contribution in [0.2, 0.25) is 18.1 Å². The van der Waals surface area contributed by atoms with Crippen LogP contribution in [0.4, 0.5) is 0 Å². The van der Waals surface area contributed by atoms with Crippen LogP contribution in [0.5, 0.6) is 5.75 Å². The molecule has 1 saturated carbocycles. The van der Waals surface area contributed by atoms with Crippen molar-refractivity contribution in [3.63, 3.8) is 0 Å². The molecule has 7 heteroatoms. The molecule has 236 valence electrons. The highest BCUT2D eigenvalue weighted by Crippen LogP contribution is 2.76. The minimum Gasteiger partial charge on any atom is -0.543 e. The standard InChI is InChI=1S/C36H53NO5Si/c1-21-15-25-28(26(16-21)42-43(10,11)31(4,5)6)23(3)29(39)30-32(25,7)20-36-34(9,33(30,8)18-27(38)41-36)12-13-35-17-22(2)14-24(40-35)19-37(35)36/h15-16,22-24,30H,12-14,17-20H2,1-11H3/t22-,23+,24+,30-,32-,33-,34-,35-,36+/m0/s1. The normalized spacial score (nSPS) is 45.5. The van der Waals surface area contributed by atoms with Crippen molar-refractivity contribution < 1.29 is 23.5 Å². The van der Waals surface area contributed by atoms with Crippen molar-refractivity contribution in [2.24, 2.45) is 22.7 Å². The molecule has 6 aliphatic rings. The second-order valence-electron chi connectivity index (χ2n) is 17.8. The van der Waals surface area contributed by atoms with Gasteiger partial charge in [-0.2, -0.15) is 0 Å². The molecule has 0 aromatic heterocycles.